The molecular weight excluding hydrogens is 373 g/mol. The first kappa shape index (κ1) is 14.8. The molecule has 108 valence electrons. The number of hydrogen-bond acceptors (Lipinski definition) is 4. The Hall–Kier alpha value is -1.11. The number of hydrogen-bond donors (Lipinski definition) is 0. The van der Waals surface area contributed by atoms with Gasteiger partial charge in [-0.2, -0.15) is 0 Å². The molecule has 0 aliphatic heterocycles. The van der Waals surface area contributed by atoms with Crippen molar-refractivity contribution in [3.05, 3.63) is 48.3 Å². The van der Waals surface area contributed by atoms with Crippen LogP contribution in [0.15, 0.2) is 51.7 Å². The third-order valence-corrected chi connectivity index (χ3v) is 5.12. The van der Waals surface area contributed by atoms with Gasteiger partial charge in [0.05, 0.1) is 16.8 Å². The number of nitrogens with zero attached hydrogens (tertiary/aromatic N) is 1. The maximum absolute atomic E-state index is 12.9. The number of fused-ring (bicyclic) bond motifs is 1. The van der Waals surface area contributed by atoms with Crippen molar-refractivity contribution in [3.63, 3.8) is 0 Å². The molecule has 0 aliphatic carbocycles. The van der Waals surface area contributed by atoms with Gasteiger partial charge in [0.1, 0.15) is 11.6 Å². The van der Waals surface area contributed by atoms with Crippen molar-refractivity contribution in [1.82, 2.24) is 4.98 Å². The highest BCUT2D eigenvalue weighted by Crippen LogP contribution is 2.35. The van der Waals surface area contributed by atoms with Crippen LogP contribution in [0.2, 0.25) is 0 Å². The summed E-state index contributed by atoms with van der Waals surface area (Å²) in [5.74, 6) is 0.626. The molecule has 21 heavy (non-hydrogen) atoms. The third kappa shape index (κ3) is 3.75. The van der Waals surface area contributed by atoms with Gasteiger partial charge in [0.2, 0.25) is 0 Å². The number of alkyl halides is 1. The molecule has 1 aromatic heterocycles. The molecule has 3 aromatic rings. The number of benzene rings is 2. The van der Waals surface area contributed by atoms with Gasteiger partial charge >= 0.3 is 0 Å². The molecule has 6 heteroatoms. The Morgan fingerprint density at radius 2 is 2.00 bits per heavy atom. The van der Waals surface area contributed by atoms with Crippen LogP contribution in [0.5, 0.6) is 5.75 Å². The maximum Gasteiger partial charge on any atom is 0.155 e. The highest BCUT2D eigenvalue weighted by atomic mass is 79.9. The summed E-state index contributed by atoms with van der Waals surface area (Å²) in [5, 5.41) is 0.805. The molecule has 0 fully saturated rings. The quantitative estimate of drug-likeness (QED) is 0.553. The van der Waals surface area contributed by atoms with Gasteiger partial charge in [-0.25, -0.2) is 9.37 Å². The zero-order valence-corrected chi connectivity index (χ0v) is 14.1. The minimum Gasteiger partial charge on any atom is -0.493 e. The second-order valence-corrected chi connectivity index (χ2v) is 7.35. The van der Waals surface area contributed by atoms with Crippen LogP contribution in [0.3, 0.4) is 0 Å². The van der Waals surface area contributed by atoms with Crippen LogP contribution >= 0.6 is 39.0 Å². The van der Waals surface area contributed by atoms with Crippen LogP contribution in [-0.4, -0.2) is 16.9 Å². The summed E-state index contributed by atoms with van der Waals surface area (Å²) in [7, 11) is 0. The molecule has 0 saturated carbocycles. The van der Waals surface area contributed by atoms with E-state index in [1.54, 1.807) is 23.5 Å². The number of halogens is 2. The van der Waals surface area contributed by atoms with Gasteiger partial charge in [0, 0.05) is 10.2 Å². The number of aromatic nitrogens is 1. The lowest BCUT2D eigenvalue weighted by Crippen LogP contribution is -1.96. The van der Waals surface area contributed by atoms with Crippen LogP contribution < -0.4 is 4.74 Å². The van der Waals surface area contributed by atoms with Crippen molar-refractivity contribution < 1.29 is 9.13 Å². The molecule has 0 atom stereocenters. The molecule has 0 aliphatic rings. The minimum absolute atomic E-state index is 0.225. The fourth-order valence-electron chi connectivity index (χ4n) is 1.78. The molecule has 2 nitrogen and oxygen atoms in total. The van der Waals surface area contributed by atoms with E-state index in [1.807, 2.05) is 18.2 Å². The summed E-state index contributed by atoms with van der Waals surface area (Å²) in [5.41, 5.74) is 0.954. The van der Waals surface area contributed by atoms with Crippen molar-refractivity contribution >= 4 is 49.2 Å². The van der Waals surface area contributed by atoms with E-state index in [4.69, 9.17) is 4.74 Å². The van der Waals surface area contributed by atoms with Crippen LogP contribution in [0.1, 0.15) is 0 Å². The highest BCUT2D eigenvalue weighted by Gasteiger charge is 2.07. The number of thiazole rings is 1. The topological polar surface area (TPSA) is 22.1 Å². The lowest BCUT2D eigenvalue weighted by molar-refractivity contribution is 0.345. The minimum atomic E-state index is -0.225. The fourth-order valence-corrected chi connectivity index (χ4v) is 4.01. The summed E-state index contributed by atoms with van der Waals surface area (Å²) in [4.78, 5) is 5.55. The third-order valence-electron chi connectivity index (χ3n) is 2.70. The summed E-state index contributed by atoms with van der Waals surface area (Å²) < 4.78 is 20.5. The zero-order chi connectivity index (χ0) is 14.7. The van der Waals surface area contributed by atoms with Crippen molar-refractivity contribution in [1.29, 1.82) is 0 Å². The first-order chi connectivity index (χ1) is 10.2. The average Bonchev–Trinajstić information content (AvgIpc) is 2.89. The summed E-state index contributed by atoms with van der Waals surface area (Å²) in [6.45, 7) is 0.640. The molecule has 0 bridgehead atoms. The monoisotopic (exact) mass is 383 g/mol. The lowest BCUT2D eigenvalue weighted by Gasteiger charge is -2.02. The van der Waals surface area contributed by atoms with Crippen molar-refractivity contribution in [2.75, 3.05) is 11.9 Å². The molecular formula is C15H11BrFNOS2. The Morgan fingerprint density at radius 1 is 1.19 bits per heavy atom. The smallest absolute Gasteiger partial charge is 0.155 e. The average molecular weight is 384 g/mol. The van der Waals surface area contributed by atoms with E-state index in [0.29, 0.717) is 6.61 Å². The van der Waals surface area contributed by atoms with E-state index in [1.165, 1.54) is 23.9 Å². The van der Waals surface area contributed by atoms with Crippen molar-refractivity contribution in [3.8, 4) is 5.75 Å². The molecule has 0 saturated heterocycles. The molecule has 0 radical (unpaired) electrons. The van der Waals surface area contributed by atoms with Crippen LogP contribution in [0.4, 0.5) is 4.39 Å². The van der Waals surface area contributed by atoms with E-state index in [-0.39, 0.29) is 5.82 Å². The van der Waals surface area contributed by atoms with Crippen LogP contribution in [-0.2, 0) is 0 Å². The molecule has 2 aromatic carbocycles. The highest BCUT2D eigenvalue weighted by molar-refractivity contribution is 9.09. The number of ether oxygens (including phenoxy) is 1. The van der Waals surface area contributed by atoms with E-state index in [0.717, 1.165) is 30.5 Å². The molecule has 3 rings (SSSR count). The Morgan fingerprint density at radius 3 is 2.76 bits per heavy atom. The lowest BCUT2D eigenvalue weighted by atomic mass is 10.3. The Balaban J connectivity index is 1.81. The van der Waals surface area contributed by atoms with Gasteiger partial charge in [-0.1, -0.05) is 27.7 Å². The van der Waals surface area contributed by atoms with Gasteiger partial charge in [0.25, 0.3) is 0 Å². The predicted molar refractivity (Wildman–Crippen MR) is 89.4 cm³/mol. The molecule has 0 spiro atoms. The summed E-state index contributed by atoms with van der Waals surface area (Å²) in [6, 6.07) is 12.3. The van der Waals surface area contributed by atoms with Gasteiger partial charge in [-0.05, 0) is 42.5 Å². The Kier molecular flexibility index (Phi) is 4.77. The summed E-state index contributed by atoms with van der Waals surface area (Å²) >= 11 is 6.49. The van der Waals surface area contributed by atoms with Crippen LogP contribution in [0, 0.1) is 5.82 Å². The van der Waals surface area contributed by atoms with Crippen LogP contribution in [0.25, 0.3) is 10.2 Å². The van der Waals surface area contributed by atoms with E-state index < -0.39 is 0 Å². The van der Waals surface area contributed by atoms with Crippen molar-refractivity contribution in [2.24, 2.45) is 0 Å². The first-order valence-corrected chi connectivity index (χ1v) is 9.03. The first-order valence-electron chi connectivity index (χ1n) is 6.27. The number of rotatable bonds is 5. The zero-order valence-electron chi connectivity index (χ0n) is 10.9. The molecule has 0 unspecified atom stereocenters. The second-order valence-electron chi connectivity index (χ2n) is 4.20. The van der Waals surface area contributed by atoms with Crippen molar-refractivity contribution in [2.45, 2.75) is 9.24 Å². The standard InChI is InChI=1S/C15H11BrFNOS2/c16-7-8-19-11-3-6-13-14(9-11)21-15(18-13)20-12-4-1-10(17)2-5-12/h1-6,9H,7-8H2. The maximum atomic E-state index is 12.9. The normalized spacial score (nSPS) is 11.0. The van der Waals surface area contributed by atoms with E-state index in [9.17, 15) is 4.39 Å². The van der Waals surface area contributed by atoms with Gasteiger partial charge < -0.3 is 4.74 Å². The van der Waals surface area contributed by atoms with E-state index >= 15 is 0 Å². The SMILES string of the molecule is Fc1ccc(Sc2nc3ccc(OCCBr)cc3s2)cc1. The molecule has 0 amide bonds. The largest absolute Gasteiger partial charge is 0.493 e. The second kappa shape index (κ2) is 6.77. The molecule has 1 heterocycles. The van der Waals surface area contributed by atoms with Gasteiger partial charge in [-0.15, -0.1) is 11.3 Å². The Bertz CT molecular complexity index is 745. The van der Waals surface area contributed by atoms with Gasteiger partial charge in [-0.3, -0.25) is 0 Å². The Labute approximate surface area is 138 Å². The molecule has 0 N–H and O–H groups in total. The fraction of sp³-hybridized carbons (Fsp3) is 0.133. The predicted octanol–water partition coefficient (Wildman–Crippen LogP) is 5.36. The summed E-state index contributed by atoms with van der Waals surface area (Å²) in [6.07, 6.45) is 0. The van der Waals surface area contributed by atoms with Gasteiger partial charge in [0.15, 0.2) is 4.34 Å². The van der Waals surface area contributed by atoms with E-state index in [2.05, 4.69) is 20.9 Å².